The van der Waals surface area contributed by atoms with E-state index in [1.807, 2.05) is 0 Å². The van der Waals surface area contributed by atoms with E-state index in [2.05, 4.69) is 0 Å². The molecule has 1 rings (SSSR count). The number of halogens is 1. The summed E-state index contributed by atoms with van der Waals surface area (Å²) in [6.07, 6.45) is 0. The maximum Gasteiger partial charge on any atom is 0.292 e. The molecule has 0 aliphatic rings. The van der Waals surface area contributed by atoms with Crippen LogP contribution in [0.1, 0.15) is 13.8 Å². The molecule has 0 spiro atoms. The fraction of sp³-hybridized carbons (Fsp3) is 0.400. The summed E-state index contributed by atoms with van der Waals surface area (Å²) in [4.78, 5) is 15.6. The van der Waals surface area contributed by atoms with Gasteiger partial charge < -0.3 is 0 Å². The fourth-order valence-corrected chi connectivity index (χ4v) is 2.15. The Morgan fingerprint density at radius 3 is 2.63 bits per heavy atom. The molecule has 0 radical (unpaired) electrons. The minimum absolute atomic E-state index is 0.0749. The highest BCUT2D eigenvalue weighted by molar-refractivity contribution is 7.89. The van der Waals surface area contributed by atoms with Gasteiger partial charge in [0.15, 0.2) is 4.90 Å². The first-order chi connectivity index (χ1) is 8.74. The van der Waals surface area contributed by atoms with Crippen molar-refractivity contribution in [1.29, 1.82) is 0 Å². The average molecular weight is 292 g/mol. The molecule has 0 saturated heterocycles. The molecular formula is C10H13FN2O5S. The Bertz CT molecular complexity index is 573. The number of nitro groups is 1. The smallest absolute Gasteiger partial charge is 0.287 e. The van der Waals surface area contributed by atoms with Crippen LogP contribution < -0.4 is 4.89 Å². The van der Waals surface area contributed by atoms with Gasteiger partial charge in [0.1, 0.15) is 5.82 Å². The van der Waals surface area contributed by atoms with E-state index in [1.54, 1.807) is 18.7 Å². The molecule has 9 heteroatoms. The molecule has 0 atom stereocenters. The van der Waals surface area contributed by atoms with Gasteiger partial charge in [0.25, 0.3) is 15.7 Å². The van der Waals surface area contributed by atoms with E-state index in [1.165, 1.54) is 0 Å². The summed E-state index contributed by atoms with van der Waals surface area (Å²) in [7, 11) is -4.23. The predicted octanol–water partition coefficient (Wildman–Crippen LogP) is 1.60. The Kier molecular flexibility index (Phi) is 4.92. The van der Waals surface area contributed by atoms with E-state index >= 15 is 0 Å². The average Bonchev–Trinajstić information content (AvgIpc) is 2.27. The van der Waals surface area contributed by atoms with Gasteiger partial charge in [-0.1, -0.05) is 18.7 Å². The monoisotopic (exact) mass is 292 g/mol. The van der Waals surface area contributed by atoms with Crippen LogP contribution in [0.25, 0.3) is 0 Å². The van der Waals surface area contributed by atoms with Crippen molar-refractivity contribution < 1.29 is 22.6 Å². The molecule has 0 heterocycles. The van der Waals surface area contributed by atoms with E-state index in [9.17, 15) is 22.9 Å². The van der Waals surface area contributed by atoms with Gasteiger partial charge in [-0.2, -0.15) is 0 Å². The van der Waals surface area contributed by atoms with E-state index in [0.717, 1.165) is 12.1 Å². The predicted molar refractivity (Wildman–Crippen MR) is 64.2 cm³/mol. The maximum absolute atomic E-state index is 12.9. The number of nitrogens with zero attached hydrogens (tertiary/aromatic N) is 1. The van der Waals surface area contributed by atoms with Crippen molar-refractivity contribution >= 4 is 15.7 Å². The highest BCUT2D eigenvalue weighted by Crippen LogP contribution is 2.24. The molecule has 1 N–H and O–H groups in total. The summed E-state index contributed by atoms with van der Waals surface area (Å²) in [5, 5.41) is 10.7. The summed E-state index contributed by atoms with van der Waals surface area (Å²) in [5.74, 6) is -0.820. The van der Waals surface area contributed by atoms with Gasteiger partial charge in [0.2, 0.25) is 0 Å². The number of sulfonamides is 1. The lowest BCUT2D eigenvalue weighted by Crippen LogP contribution is -2.26. The summed E-state index contributed by atoms with van der Waals surface area (Å²) < 4.78 is 36.5. The largest absolute Gasteiger partial charge is 0.292 e. The summed E-state index contributed by atoms with van der Waals surface area (Å²) in [6, 6.07) is 2.18. The molecule has 0 amide bonds. The van der Waals surface area contributed by atoms with Crippen LogP contribution in [0.15, 0.2) is 23.1 Å². The lowest BCUT2D eigenvalue weighted by Gasteiger charge is -2.09. The van der Waals surface area contributed by atoms with Gasteiger partial charge in [-0.15, -0.1) is 0 Å². The molecule has 0 fully saturated rings. The van der Waals surface area contributed by atoms with Crippen LogP contribution in [-0.2, 0) is 14.9 Å². The molecule has 0 bridgehead atoms. The van der Waals surface area contributed by atoms with Crippen LogP contribution >= 0.6 is 0 Å². The molecule has 19 heavy (non-hydrogen) atoms. The normalized spacial score (nSPS) is 11.8. The van der Waals surface area contributed by atoms with E-state index in [0.29, 0.717) is 6.07 Å². The van der Waals surface area contributed by atoms with Crippen molar-refractivity contribution in [1.82, 2.24) is 4.89 Å². The van der Waals surface area contributed by atoms with Crippen LogP contribution in [0.3, 0.4) is 0 Å². The topological polar surface area (TPSA) is 98.5 Å². The van der Waals surface area contributed by atoms with Crippen molar-refractivity contribution in [3.8, 4) is 0 Å². The third-order valence-corrected chi connectivity index (χ3v) is 3.25. The highest BCUT2D eigenvalue weighted by atomic mass is 32.2. The molecule has 0 aromatic heterocycles. The number of hydrogen-bond acceptors (Lipinski definition) is 5. The van der Waals surface area contributed by atoms with E-state index < -0.39 is 31.3 Å². The molecule has 7 nitrogen and oxygen atoms in total. The van der Waals surface area contributed by atoms with E-state index in [-0.39, 0.29) is 12.5 Å². The molecule has 1 aromatic carbocycles. The van der Waals surface area contributed by atoms with Crippen LogP contribution in [0, 0.1) is 21.8 Å². The second kappa shape index (κ2) is 6.04. The van der Waals surface area contributed by atoms with Gasteiger partial charge >= 0.3 is 0 Å². The number of hydrogen-bond donors (Lipinski definition) is 1. The van der Waals surface area contributed by atoms with Gasteiger partial charge in [0.05, 0.1) is 17.6 Å². The fourth-order valence-electron chi connectivity index (χ4n) is 1.18. The highest BCUT2D eigenvalue weighted by Gasteiger charge is 2.26. The van der Waals surface area contributed by atoms with Gasteiger partial charge in [0, 0.05) is 0 Å². The molecule has 0 saturated carbocycles. The third kappa shape index (κ3) is 4.23. The SMILES string of the molecule is CC(C)CONS(=O)(=O)c1ccc(F)cc1[N+](=O)[O-]. The number of benzene rings is 1. The van der Waals surface area contributed by atoms with E-state index in [4.69, 9.17) is 4.84 Å². The molecule has 106 valence electrons. The van der Waals surface area contributed by atoms with Crippen molar-refractivity contribution in [2.24, 2.45) is 5.92 Å². The molecule has 0 aliphatic carbocycles. The van der Waals surface area contributed by atoms with Gasteiger partial charge in [-0.05, 0) is 18.1 Å². The Morgan fingerprint density at radius 1 is 1.47 bits per heavy atom. The first-order valence-corrected chi connectivity index (χ1v) is 6.80. The standard InChI is InChI=1S/C10H13FN2O5S/c1-7(2)6-18-12-19(16,17)10-4-3-8(11)5-9(10)13(14)15/h3-5,7,12H,6H2,1-2H3. The first-order valence-electron chi connectivity index (χ1n) is 5.31. The van der Waals surface area contributed by atoms with Crippen molar-refractivity contribution in [2.45, 2.75) is 18.7 Å². The van der Waals surface area contributed by atoms with Gasteiger partial charge in [-0.3, -0.25) is 15.0 Å². The molecule has 1 aromatic rings. The third-order valence-electron chi connectivity index (χ3n) is 1.99. The Morgan fingerprint density at radius 2 is 2.11 bits per heavy atom. The van der Waals surface area contributed by atoms with Crippen LogP contribution in [-0.4, -0.2) is 19.9 Å². The number of nitrogens with one attached hydrogen (secondary N) is 1. The Labute approximate surface area is 109 Å². The van der Waals surface area contributed by atoms with Crippen LogP contribution in [0.2, 0.25) is 0 Å². The molecule has 0 unspecified atom stereocenters. The lowest BCUT2D eigenvalue weighted by molar-refractivity contribution is -0.388. The minimum atomic E-state index is -4.23. The molecular weight excluding hydrogens is 279 g/mol. The summed E-state index contributed by atoms with van der Waals surface area (Å²) in [5.41, 5.74) is -0.847. The van der Waals surface area contributed by atoms with Gasteiger partial charge in [-0.25, -0.2) is 12.8 Å². The van der Waals surface area contributed by atoms with Crippen LogP contribution in [0.4, 0.5) is 10.1 Å². The van der Waals surface area contributed by atoms with Crippen molar-refractivity contribution in [2.75, 3.05) is 6.61 Å². The zero-order valence-electron chi connectivity index (χ0n) is 10.3. The Hall–Kier alpha value is -1.58. The zero-order chi connectivity index (χ0) is 14.6. The first kappa shape index (κ1) is 15.5. The quantitative estimate of drug-likeness (QED) is 0.634. The van der Waals surface area contributed by atoms with Crippen molar-refractivity contribution in [3.05, 3.63) is 34.1 Å². The maximum atomic E-state index is 12.9. The minimum Gasteiger partial charge on any atom is -0.287 e. The summed E-state index contributed by atoms with van der Waals surface area (Å²) >= 11 is 0. The zero-order valence-corrected chi connectivity index (χ0v) is 11.1. The van der Waals surface area contributed by atoms with Crippen molar-refractivity contribution in [3.63, 3.8) is 0 Å². The lowest BCUT2D eigenvalue weighted by atomic mass is 10.2. The second-order valence-electron chi connectivity index (χ2n) is 4.16. The number of nitro benzene ring substituents is 1. The number of rotatable bonds is 6. The summed E-state index contributed by atoms with van der Waals surface area (Å²) in [6.45, 7) is 3.71. The second-order valence-corrected chi connectivity index (χ2v) is 5.77. The molecule has 0 aliphatic heterocycles. The van der Waals surface area contributed by atoms with Crippen LogP contribution in [0.5, 0.6) is 0 Å². The Balaban J connectivity index is 3.04.